The summed E-state index contributed by atoms with van der Waals surface area (Å²) in [5.41, 5.74) is 17.9. The van der Waals surface area contributed by atoms with Gasteiger partial charge in [-0.3, -0.25) is 0 Å². The fourth-order valence-corrected chi connectivity index (χ4v) is 2.71. The fourth-order valence-electron chi connectivity index (χ4n) is 2.42. The number of hydrogen-bond acceptors (Lipinski definition) is 2. The van der Waals surface area contributed by atoms with E-state index in [1.807, 2.05) is 18.2 Å². The largest absolute Gasteiger partial charge is 0.370 e. The molecule has 1 aromatic rings. The molecule has 0 aliphatic carbocycles. The minimum atomic E-state index is -0.119. The number of nitrogens with zero attached hydrogens (tertiary/aromatic N) is 3. The Bertz CT molecular complexity index is 557. The molecule has 1 aromatic carbocycles. The highest BCUT2D eigenvalue weighted by atomic mass is 35.5. The van der Waals surface area contributed by atoms with Crippen molar-refractivity contribution >= 4 is 34.9 Å². The lowest BCUT2D eigenvalue weighted by atomic mass is 9.98. The van der Waals surface area contributed by atoms with E-state index >= 15 is 0 Å². The van der Waals surface area contributed by atoms with Crippen molar-refractivity contribution in [3.63, 3.8) is 0 Å². The molecular weight excluding hydrogens is 288 g/mol. The van der Waals surface area contributed by atoms with Crippen molar-refractivity contribution in [3.05, 3.63) is 23.2 Å². The Hall–Kier alpha value is -1.95. The summed E-state index contributed by atoms with van der Waals surface area (Å²) in [5.74, 6) is 0.637. The van der Waals surface area contributed by atoms with Gasteiger partial charge in [0.1, 0.15) is 0 Å². The van der Waals surface area contributed by atoms with E-state index in [0.717, 1.165) is 37.5 Å². The van der Waals surface area contributed by atoms with Crippen molar-refractivity contribution < 1.29 is 0 Å². The Morgan fingerprint density at radius 3 is 2.52 bits per heavy atom. The summed E-state index contributed by atoms with van der Waals surface area (Å²) in [6.45, 7) is 4.17. The molecule has 0 radical (unpaired) electrons. The number of aliphatic imine (C=N–C) groups is 2. The van der Waals surface area contributed by atoms with Gasteiger partial charge in [-0.05, 0) is 30.9 Å². The van der Waals surface area contributed by atoms with E-state index in [2.05, 4.69) is 21.8 Å². The van der Waals surface area contributed by atoms with Crippen molar-refractivity contribution in [1.82, 2.24) is 0 Å². The SMILES string of the molecule is CC1CCN(c2c(Cl)cccc2N=C(N)N=C(N)N)CC1. The van der Waals surface area contributed by atoms with E-state index in [1.165, 1.54) is 0 Å². The minimum absolute atomic E-state index is 0.0175. The van der Waals surface area contributed by atoms with Gasteiger partial charge in [0, 0.05) is 13.1 Å². The molecule has 1 saturated heterocycles. The highest BCUT2D eigenvalue weighted by Gasteiger charge is 2.20. The van der Waals surface area contributed by atoms with Crippen molar-refractivity contribution in [3.8, 4) is 0 Å². The summed E-state index contributed by atoms with van der Waals surface area (Å²) in [6.07, 6.45) is 2.27. The second-order valence-electron chi connectivity index (χ2n) is 5.28. The van der Waals surface area contributed by atoms with Gasteiger partial charge in [-0.1, -0.05) is 24.6 Å². The smallest absolute Gasteiger partial charge is 0.223 e. The van der Waals surface area contributed by atoms with Crippen molar-refractivity contribution in [2.24, 2.45) is 33.1 Å². The summed E-state index contributed by atoms with van der Waals surface area (Å²) in [4.78, 5) is 10.3. The Labute approximate surface area is 129 Å². The molecule has 114 valence electrons. The second-order valence-corrected chi connectivity index (χ2v) is 5.69. The van der Waals surface area contributed by atoms with Crippen LogP contribution in [0.1, 0.15) is 19.8 Å². The Kier molecular flexibility index (Phi) is 4.90. The number of anilines is 1. The van der Waals surface area contributed by atoms with Crippen LogP contribution in [0.15, 0.2) is 28.2 Å². The molecule has 1 aliphatic heterocycles. The van der Waals surface area contributed by atoms with Gasteiger partial charge >= 0.3 is 0 Å². The van der Waals surface area contributed by atoms with E-state index in [1.54, 1.807) is 0 Å². The molecule has 0 bridgehead atoms. The molecule has 0 amide bonds. The van der Waals surface area contributed by atoms with Crippen LogP contribution in [0.3, 0.4) is 0 Å². The Morgan fingerprint density at radius 2 is 1.90 bits per heavy atom. The first-order valence-corrected chi connectivity index (χ1v) is 7.32. The Balaban J connectivity index is 2.34. The average Bonchev–Trinajstić information content (AvgIpc) is 2.39. The molecule has 6 N–H and O–H groups in total. The molecule has 1 aliphatic rings. The highest BCUT2D eigenvalue weighted by Crippen LogP contribution is 2.37. The van der Waals surface area contributed by atoms with Crippen molar-refractivity contribution in [2.75, 3.05) is 18.0 Å². The van der Waals surface area contributed by atoms with Crippen LogP contribution in [-0.4, -0.2) is 25.0 Å². The first-order valence-electron chi connectivity index (χ1n) is 6.94. The second kappa shape index (κ2) is 6.67. The zero-order valence-corrected chi connectivity index (χ0v) is 12.8. The first kappa shape index (κ1) is 15.4. The van der Waals surface area contributed by atoms with Crippen LogP contribution < -0.4 is 22.1 Å². The predicted molar refractivity (Wildman–Crippen MR) is 89.2 cm³/mol. The van der Waals surface area contributed by atoms with Gasteiger partial charge in [0.05, 0.1) is 16.4 Å². The summed E-state index contributed by atoms with van der Waals surface area (Å²) >= 11 is 6.35. The standard InChI is InChI=1S/C14H21ClN6/c1-9-5-7-21(8-6-9)12-10(15)3-2-4-11(12)19-14(18)20-13(16)17/h2-4,9H,5-8H2,1H3,(H6,16,17,18,19,20). The van der Waals surface area contributed by atoms with Gasteiger partial charge in [0.25, 0.3) is 0 Å². The zero-order valence-electron chi connectivity index (χ0n) is 12.1. The van der Waals surface area contributed by atoms with E-state index < -0.39 is 0 Å². The van der Waals surface area contributed by atoms with E-state index in [4.69, 9.17) is 28.8 Å². The number of piperidine rings is 1. The summed E-state index contributed by atoms with van der Waals surface area (Å²) < 4.78 is 0. The lowest BCUT2D eigenvalue weighted by Gasteiger charge is -2.33. The fraction of sp³-hybridized carbons (Fsp3) is 0.429. The normalized spacial score (nSPS) is 16.9. The molecule has 1 heterocycles. The van der Waals surface area contributed by atoms with Crippen molar-refractivity contribution in [2.45, 2.75) is 19.8 Å². The zero-order chi connectivity index (χ0) is 15.4. The van der Waals surface area contributed by atoms with Crippen LogP contribution in [0, 0.1) is 5.92 Å². The molecule has 6 nitrogen and oxygen atoms in total. The number of hydrogen-bond donors (Lipinski definition) is 3. The third-order valence-corrected chi connectivity index (χ3v) is 3.85. The minimum Gasteiger partial charge on any atom is -0.370 e. The van der Waals surface area contributed by atoms with Crippen molar-refractivity contribution in [1.29, 1.82) is 0 Å². The summed E-state index contributed by atoms with van der Waals surface area (Å²) in [7, 11) is 0. The third kappa shape index (κ3) is 4.01. The van der Waals surface area contributed by atoms with Crippen LogP contribution in [0.2, 0.25) is 5.02 Å². The molecule has 0 spiro atoms. The molecule has 0 unspecified atom stereocenters. The maximum atomic E-state index is 6.35. The lowest BCUT2D eigenvalue weighted by Crippen LogP contribution is -2.33. The monoisotopic (exact) mass is 308 g/mol. The van der Waals surface area contributed by atoms with Crippen LogP contribution in [-0.2, 0) is 0 Å². The molecule has 0 aromatic heterocycles. The lowest BCUT2D eigenvalue weighted by molar-refractivity contribution is 0.438. The van der Waals surface area contributed by atoms with Gasteiger partial charge < -0.3 is 22.1 Å². The van der Waals surface area contributed by atoms with Gasteiger partial charge in [-0.15, -0.1) is 0 Å². The third-order valence-electron chi connectivity index (χ3n) is 3.54. The molecule has 1 fully saturated rings. The van der Waals surface area contributed by atoms with Gasteiger partial charge in [-0.25, -0.2) is 4.99 Å². The molecule has 2 rings (SSSR count). The average molecular weight is 309 g/mol. The number of nitrogens with two attached hydrogens (primary N) is 3. The van der Waals surface area contributed by atoms with Gasteiger partial charge in [0.15, 0.2) is 5.96 Å². The van der Waals surface area contributed by atoms with E-state index in [-0.39, 0.29) is 11.9 Å². The molecule has 0 atom stereocenters. The Morgan fingerprint density at radius 1 is 1.24 bits per heavy atom. The van der Waals surface area contributed by atoms with Crippen LogP contribution in [0.5, 0.6) is 0 Å². The number of benzene rings is 1. The highest BCUT2D eigenvalue weighted by molar-refractivity contribution is 6.34. The van der Waals surface area contributed by atoms with E-state index in [0.29, 0.717) is 10.7 Å². The molecule has 7 heteroatoms. The van der Waals surface area contributed by atoms with Crippen LogP contribution in [0.4, 0.5) is 11.4 Å². The molecular formula is C14H21ClN6. The number of para-hydroxylation sites is 1. The number of halogens is 1. The first-order chi connectivity index (χ1) is 9.97. The van der Waals surface area contributed by atoms with Crippen LogP contribution >= 0.6 is 11.6 Å². The van der Waals surface area contributed by atoms with Crippen LogP contribution in [0.25, 0.3) is 0 Å². The van der Waals surface area contributed by atoms with Gasteiger partial charge in [0.2, 0.25) is 5.96 Å². The topological polar surface area (TPSA) is 106 Å². The number of guanidine groups is 2. The maximum absolute atomic E-state index is 6.35. The summed E-state index contributed by atoms with van der Waals surface area (Å²) in [5, 5.41) is 0.656. The van der Waals surface area contributed by atoms with E-state index in [9.17, 15) is 0 Å². The summed E-state index contributed by atoms with van der Waals surface area (Å²) in [6, 6.07) is 5.54. The predicted octanol–water partition coefficient (Wildman–Crippen LogP) is 1.80. The molecule has 21 heavy (non-hydrogen) atoms. The number of rotatable bonds is 2. The molecule has 0 saturated carbocycles. The maximum Gasteiger partial charge on any atom is 0.223 e. The van der Waals surface area contributed by atoms with Gasteiger partial charge in [-0.2, -0.15) is 4.99 Å². The quantitative estimate of drug-likeness (QED) is 0.572.